The van der Waals surface area contributed by atoms with Gasteiger partial charge in [-0.3, -0.25) is 0 Å². The van der Waals surface area contributed by atoms with Crippen LogP contribution in [-0.2, 0) is 0 Å². The average molecular weight is 191 g/mol. The van der Waals surface area contributed by atoms with Crippen molar-refractivity contribution in [3.63, 3.8) is 0 Å². The van der Waals surface area contributed by atoms with Crippen LogP contribution >= 0.6 is 0 Å². The van der Waals surface area contributed by atoms with E-state index in [2.05, 4.69) is 19.7 Å². The summed E-state index contributed by atoms with van der Waals surface area (Å²) in [6.45, 7) is 4.71. The van der Waals surface area contributed by atoms with Crippen molar-refractivity contribution in [2.75, 3.05) is 13.6 Å². The van der Waals surface area contributed by atoms with Crippen molar-refractivity contribution in [2.45, 2.75) is 44.2 Å². The van der Waals surface area contributed by atoms with Crippen LogP contribution < -0.4 is 0 Å². The first-order chi connectivity index (χ1) is 6.66. The molecule has 3 atom stereocenters. The lowest BCUT2D eigenvalue weighted by molar-refractivity contribution is -0.943. The van der Waals surface area contributed by atoms with Crippen molar-refractivity contribution in [1.29, 1.82) is 5.26 Å². The number of nitrogens with zero attached hydrogens (tertiary/aromatic N) is 2. The summed E-state index contributed by atoms with van der Waals surface area (Å²) < 4.78 is 1.10. The molecule has 0 spiro atoms. The van der Waals surface area contributed by atoms with E-state index in [0.29, 0.717) is 0 Å². The summed E-state index contributed by atoms with van der Waals surface area (Å²) in [5, 5.41) is 8.81. The van der Waals surface area contributed by atoms with Gasteiger partial charge in [-0.15, -0.1) is 0 Å². The van der Waals surface area contributed by atoms with E-state index in [9.17, 15) is 0 Å². The number of nitriles is 1. The summed E-state index contributed by atoms with van der Waals surface area (Å²) in [7, 11) is 2.32. The number of likely N-dealkylation sites (N-methyl/N-ethyl adjacent to an activating group) is 1. The molecule has 2 bridgehead atoms. The molecule has 0 saturated carbocycles. The van der Waals surface area contributed by atoms with Gasteiger partial charge in [0, 0.05) is 12.8 Å². The Morgan fingerprint density at radius 3 is 2.43 bits per heavy atom. The highest BCUT2D eigenvalue weighted by Crippen LogP contribution is 2.41. The SMILES string of the molecule is C=C(C#N)C[N+]1(C)[C@@H]2CCC[C@H]1CC2. The van der Waals surface area contributed by atoms with E-state index in [1.54, 1.807) is 0 Å². The Bertz CT molecular complexity index is 271. The van der Waals surface area contributed by atoms with Gasteiger partial charge in [-0.05, 0) is 19.3 Å². The maximum Gasteiger partial charge on any atom is 0.114 e. The molecule has 2 rings (SSSR count). The Kier molecular flexibility index (Phi) is 2.36. The molecule has 0 aromatic heterocycles. The topological polar surface area (TPSA) is 23.8 Å². The molecule has 0 radical (unpaired) electrons. The zero-order valence-corrected chi connectivity index (χ0v) is 9.00. The van der Waals surface area contributed by atoms with E-state index >= 15 is 0 Å². The van der Waals surface area contributed by atoms with E-state index < -0.39 is 0 Å². The molecule has 0 aliphatic carbocycles. The largest absolute Gasteiger partial charge is 0.317 e. The van der Waals surface area contributed by atoms with Gasteiger partial charge < -0.3 is 4.48 Å². The van der Waals surface area contributed by atoms with Gasteiger partial charge in [0.15, 0.2) is 0 Å². The Hall–Kier alpha value is -0.810. The molecule has 2 heteroatoms. The smallest absolute Gasteiger partial charge is 0.114 e. The Morgan fingerprint density at radius 1 is 1.36 bits per heavy atom. The third kappa shape index (κ3) is 1.36. The fraction of sp³-hybridized carbons (Fsp3) is 0.750. The van der Waals surface area contributed by atoms with Crippen molar-refractivity contribution in [3.05, 3.63) is 12.2 Å². The predicted octanol–water partition coefficient (Wildman–Crippen LogP) is 2.23. The third-order valence-electron chi connectivity index (χ3n) is 4.27. The van der Waals surface area contributed by atoms with Crippen molar-refractivity contribution >= 4 is 0 Å². The zero-order chi connectivity index (χ0) is 10.2. The van der Waals surface area contributed by atoms with Gasteiger partial charge in [0.25, 0.3) is 0 Å². The number of piperidine rings is 1. The lowest BCUT2D eigenvalue weighted by Crippen LogP contribution is -2.56. The number of quaternary nitrogens is 1. The second-order valence-electron chi connectivity index (χ2n) is 5.04. The van der Waals surface area contributed by atoms with E-state index in [1.165, 1.54) is 32.1 Å². The monoisotopic (exact) mass is 191 g/mol. The summed E-state index contributed by atoms with van der Waals surface area (Å²) in [6.07, 6.45) is 6.82. The molecule has 14 heavy (non-hydrogen) atoms. The molecule has 0 aromatic rings. The number of fused-ring (bicyclic) bond motifs is 2. The van der Waals surface area contributed by atoms with Gasteiger partial charge in [0.2, 0.25) is 0 Å². The minimum Gasteiger partial charge on any atom is -0.317 e. The molecular formula is C12H19N2+. The van der Waals surface area contributed by atoms with Crippen LogP contribution in [0.1, 0.15) is 32.1 Å². The molecule has 2 nitrogen and oxygen atoms in total. The first kappa shape index (κ1) is 9.73. The molecule has 2 saturated heterocycles. The molecule has 2 aliphatic rings. The number of hydrogen-bond donors (Lipinski definition) is 0. The van der Waals surface area contributed by atoms with Crippen molar-refractivity contribution < 1.29 is 4.48 Å². The maximum atomic E-state index is 8.81. The Balaban J connectivity index is 2.15. The molecular weight excluding hydrogens is 172 g/mol. The molecule has 76 valence electrons. The summed E-state index contributed by atoms with van der Waals surface area (Å²) in [4.78, 5) is 0. The summed E-state index contributed by atoms with van der Waals surface area (Å²) in [5.74, 6) is 0. The van der Waals surface area contributed by atoms with E-state index in [-0.39, 0.29) is 0 Å². The normalized spacial score (nSPS) is 40.6. The van der Waals surface area contributed by atoms with Crippen LogP contribution in [0.4, 0.5) is 0 Å². The highest BCUT2D eigenvalue weighted by Gasteiger charge is 2.48. The van der Waals surface area contributed by atoms with Crippen LogP contribution in [0, 0.1) is 11.3 Å². The van der Waals surface area contributed by atoms with Gasteiger partial charge >= 0.3 is 0 Å². The fourth-order valence-electron chi connectivity index (χ4n) is 3.45. The van der Waals surface area contributed by atoms with Crippen LogP contribution in [0.3, 0.4) is 0 Å². The molecule has 2 aliphatic heterocycles. The van der Waals surface area contributed by atoms with Gasteiger partial charge in [0.1, 0.15) is 6.54 Å². The van der Waals surface area contributed by atoms with Gasteiger partial charge in [0.05, 0.1) is 30.8 Å². The molecule has 0 amide bonds. The van der Waals surface area contributed by atoms with Gasteiger partial charge in [-0.1, -0.05) is 6.58 Å². The second-order valence-corrected chi connectivity index (χ2v) is 5.04. The van der Waals surface area contributed by atoms with Crippen LogP contribution in [-0.4, -0.2) is 30.2 Å². The highest BCUT2D eigenvalue weighted by atomic mass is 15.4. The standard InChI is InChI=1S/C12H19N2/c1-10(8-13)9-14(2)11-4-3-5-12(14)7-6-11/h11-12H,1,3-7,9H2,2H3/q+1/t11-,12+,14?. The molecule has 0 N–H and O–H groups in total. The first-order valence-corrected chi connectivity index (χ1v) is 5.59. The fourth-order valence-corrected chi connectivity index (χ4v) is 3.45. The molecule has 1 unspecified atom stereocenters. The van der Waals surface area contributed by atoms with Crippen LogP contribution in [0.5, 0.6) is 0 Å². The van der Waals surface area contributed by atoms with Gasteiger partial charge in [-0.2, -0.15) is 5.26 Å². The minimum absolute atomic E-state index is 0.756. The molecule has 2 fully saturated rings. The minimum atomic E-state index is 0.756. The van der Waals surface area contributed by atoms with Crippen molar-refractivity contribution in [1.82, 2.24) is 0 Å². The summed E-state index contributed by atoms with van der Waals surface area (Å²) >= 11 is 0. The zero-order valence-electron chi connectivity index (χ0n) is 9.00. The number of rotatable bonds is 2. The first-order valence-electron chi connectivity index (χ1n) is 5.59. The van der Waals surface area contributed by atoms with Crippen LogP contribution in [0.25, 0.3) is 0 Å². The second kappa shape index (κ2) is 3.40. The van der Waals surface area contributed by atoms with E-state index in [4.69, 9.17) is 5.26 Å². The Labute approximate surface area is 86.4 Å². The quantitative estimate of drug-likeness (QED) is 0.485. The average Bonchev–Trinajstić information content (AvgIpc) is 2.42. The van der Waals surface area contributed by atoms with E-state index in [1.807, 2.05) is 0 Å². The van der Waals surface area contributed by atoms with Crippen molar-refractivity contribution in [2.24, 2.45) is 0 Å². The van der Waals surface area contributed by atoms with Crippen molar-refractivity contribution in [3.8, 4) is 6.07 Å². The highest BCUT2D eigenvalue weighted by molar-refractivity contribution is 5.16. The van der Waals surface area contributed by atoms with Crippen LogP contribution in [0.15, 0.2) is 12.2 Å². The van der Waals surface area contributed by atoms with Crippen LogP contribution in [0.2, 0.25) is 0 Å². The number of hydrogen-bond acceptors (Lipinski definition) is 1. The molecule has 0 aromatic carbocycles. The Morgan fingerprint density at radius 2 is 1.93 bits per heavy atom. The lowest BCUT2D eigenvalue weighted by Gasteiger charge is -2.44. The van der Waals surface area contributed by atoms with E-state index in [0.717, 1.165) is 28.7 Å². The predicted molar refractivity (Wildman–Crippen MR) is 56.5 cm³/mol. The lowest BCUT2D eigenvalue weighted by atomic mass is 9.99. The van der Waals surface area contributed by atoms with Gasteiger partial charge in [-0.25, -0.2) is 0 Å². The maximum absolute atomic E-state index is 8.81. The molecule has 2 heterocycles. The summed E-state index contributed by atoms with van der Waals surface area (Å²) in [6, 6.07) is 3.81. The third-order valence-corrected chi connectivity index (χ3v) is 4.27. The summed E-state index contributed by atoms with van der Waals surface area (Å²) in [5.41, 5.74) is 0.756.